The molecule has 0 radical (unpaired) electrons. The fourth-order valence-electron chi connectivity index (χ4n) is 2.24. The zero-order chi connectivity index (χ0) is 17.3. The molecule has 0 aliphatic carbocycles. The lowest BCUT2D eigenvalue weighted by atomic mass is 10.1. The third kappa shape index (κ3) is 2.74. The number of hydrogen-bond donors (Lipinski definition) is 2. The highest BCUT2D eigenvalue weighted by Crippen LogP contribution is 2.34. The molecule has 0 saturated carbocycles. The van der Waals surface area contributed by atoms with E-state index in [-0.39, 0.29) is 11.6 Å². The third-order valence-electron chi connectivity index (χ3n) is 3.29. The molecule has 10 nitrogen and oxygen atoms in total. The van der Waals surface area contributed by atoms with Gasteiger partial charge in [-0.3, -0.25) is 4.18 Å². The molecule has 1 atom stereocenters. The second kappa shape index (κ2) is 6.37. The SMILES string of the molecule is COc1ncc(-c2nn(C)c3ncnc(N)c23)cc1N=[SH](=O)OC. The third-order valence-corrected chi connectivity index (χ3v) is 3.99. The highest BCUT2D eigenvalue weighted by molar-refractivity contribution is 7.69. The fourth-order valence-corrected chi connectivity index (χ4v) is 2.64. The van der Waals surface area contributed by atoms with Crippen LogP contribution in [0.25, 0.3) is 22.3 Å². The Morgan fingerprint density at radius 1 is 1.29 bits per heavy atom. The number of nitrogens with zero attached hydrogens (tertiary/aromatic N) is 6. The van der Waals surface area contributed by atoms with Gasteiger partial charge in [0.2, 0.25) is 5.88 Å². The van der Waals surface area contributed by atoms with E-state index < -0.39 is 10.9 Å². The molecule has 0 fully saturated rings. The lowest BCUT2D eigenvalue weighted by Crippen LogP contribution is -1.95. The molecule has 0 aliphatic heterocycles. The van der Waals surface area contributed by atoms with E-state index in [0.717, 1.165) is 0 Å². The van der Waals surface area contributed by atoms with Gasteiger partial charge in [0.05, 0.1) is 19.6 Å². The Labute approximate surface area is 139 Å². The van der Waals surface area contributed by atoms with Crippen LogP contribution in [0.2, 0.25) is 0 Å². The molecular formula is C13H15N7O3S. The van der Waals surface area contributed by atoms with Gasteiger partial charge in [-0.25, -0.2) is 23.8 Å². The van der Waals surface area contributed by atoms with Crippen LogP contribution in [-0.4, -0.2) is 43.2 Å². The predicted octanol–water partition coefficient (Wildman–Crippen LogP) is 0.874. The molecule has 3 aromatic heterocycles. The highest BCUT2D eigenvalue weighted by atomic mass is 32.2. The van der Waals surface area contributed by atoms with Gasteiger partial charge in [-0.15, -0.1) is 0 Å². The quantitative estimate of drug-likeness (QED) is 0.664. The van der Waals surface area contributed by atoms with E-state index in [1.54, 1.807) is 24.0 Å². The minimum absolute atomic E-state index is 0.226. The number of nitrogens with two attached hydrogens (primary N) is 1. The van der Waals surface area contributed by atoms with Gasteiger partial charge in [0, 0.05) is 18.8 Å². The number of ether oxygens (including phenoxy) is 1. The Morgan fingerprint density at radius 3 is 2.79 bits per heavy atom. The van der Waals surface area contributed by atoms with Crippen molar-refractivity contribution in [2.75, 3.05) is 20.0 Å². The van der Waals surface area contributed by atoms with Gasteiger partial charge in [-0.1, -0.05) is 0 Å². The van der Waals surface area contributed by atoms with Gasteiger partial charge in [-0.05, 0) is 6.07 Å². The lowest BCUT2D eigenvalue weighted by molar-refractivity contribution is 0.399. The smallest absolute Gasteiger partial charge is 0.240 e. The summed E-state index contributed by atoms with van der Waals surface area (Å²) in [5.74, 6) is 0.531. The molecule has 11 heteroatoms. The van der Waals surface area contributed by atoms with Gasteiger partial charge in [-0.2, -0.15) is 9.46 Å². The standard InChI is InChI=1S/C13H15N7O3S/c1-20-12-9(11(14)16-6-17-12)10(18-20)7-4-8(19-24(21)23-3)13(22-2)15-5-7/h4-6,24H,1-3H3,(H2,14,16,17). The number of aromatic nitrogens is 5. The van der Waals surface area contributed by atoms with Crippen molar-refractivity contribution in [1.82, 2.24) is 24.7 Å². The van der Waals surface area contributed by atoms with Crippen LogP contribution < -0.4 is 10.5 Å². The van der Waals surface area contributed by atoms with Gasteiger partial charge in [0.25, 0.3) is 0 Å². The van der Waals surface area contributed by atoms with Crippen LogP contribution in [0.3, 0.4) is 0 Å². The monoisotopic (exact) mass is 349 g/mol. The molecule has 24 heavy (non-hydrogen) atoms. The summed E-state index contributed by atoms with van der Waals surface area (Å²) in [6.45, 7) is 0. The zero-order valence-corrected chi connectivity index (χ0v) is 14.1. The number of nitrogen functional groups attached to an aromatic ring is 1. The van der Waals surface area contributed by atoms with Gasteiger partial charge in [0.15, 0.2) is 16.5 Å². The molecule has 0 saturated heterocycles. The van der Waals surface area contributed by atoms with Crippen molar-refractivity contribution in [2.45, 2.75) is 0 Å². The first kappa shape index (κ1) is 16.1. The number of methoxy groups -OCH3 is 1. The van der Waals surface area contributed by atoms with Crippen LogP contribution >= 0.6 is 0 Å². The van der Waals surface area contributed by atoms with Gasteiger partial charge < -0.3 is 10.5 Å². The Bertz CT molecular complexity index is 995. The van der Waals surface area contributed by atoms with E-state index in [9.17, 15) is 4.21 Å². The summed E-state index contributed by atoms with van der Waals surface area (Å²) < 4.78 is 27.0. The van der Waals surface area contributed by atoms with Crippen molar-refractivity contribution in [1.29, 1.82) is 0 Å². The summed E-state index contributed by atoms with van der Waals surface area (Å²) in [4.78, 5) is 12.4. The molecule has 126 valence electrons. The average Bonchev–Trinajstić information content (AvgIpc) is 2.93. The highest BCUT2D eigenvalue weighted by Gasteiger charge is 2.17. The fraction of sp³-hybridized carbons (Fsp3) is 0.231. The number of fused-ring (bicyclic) bond motifs is 1. The summed E-state index contributed by atoms with van der Waals surface area (Å²) in [6, 6.07) is 1.65. The Balaban J connectivity index is 2.24. The largest absolute Gasteiger partial charge is 0.479 e. The molecule has 1 unspecified atom stereocenters. The number of rotatable bonds is 4. The van der Waals surface area contributed by atoms with E-state index in [1.807, 2.05) is 0 Å². The maximum Gasteiger partial charge on any atom is 0.240 e. The zero-order valence-electron chi connectivity index (χ0n) is 13.2. The summed E-state index contributed by atoms with van der Waals surface area (Å²) >= 11 is 0. The van der Waals surface area contributed by atoms with E-state index in [2.05, 4.69) is 24.4 Å². The molecule has 0 spiro atoms. The second-order valence-corrected chi connectivity index (χ2v) is 5.74. The second-order valence-electron chi connectivity index (χ2n) is 4.70. The number of hydrogen-bond acceptors (Lipinski definition) is 9. The molecule has 0 bridgehead atoms. The first-order valence-corrected chi connectivity index (χ1v) is 7.88. The van der Waals surface area contributed by atoms with Crippen molar-refractivity contribution in [2.24, 2.45) is 11.4 Å². The topological polar surface area (TPSA) is 130 Å². The maximum absolute atomic E-state index is 11.6. The van der Waals surface area contributed by atoms with Crippen molar-refractivity contribution in [3.63, 3.8) is 0 Å². The van der Waals surface area contributed by atoms with E-state index in [0.29, 0.717) is 28.1 Å². The molecule has 0 aromatic carbocycles. The predicted molar refractivity (Wildman–Crippen MR) is 89.1 cm³/mol. The first-order chi connectivity index (χ1) is 11.5. The minimum Gasteiger partial charge on any atom is -0.479 e. The van der Waals surface area contributed by atoms with Crippen molar-refractivity contribution < 1.29 is 13.1 Å². The first-order valence-electron chi connectivity index (χ1n) is 6.75. The molecular weight excluding hydrogens is 334 g/mol. The van der Waals surface area contributed by atoms with Gasteiger partial charge in [0.1, 0.15) is 23.5 Å². The average molecular weight is 349 g/mol. The summed E-state index contributed by atoms with van der Waals surface area (Å²) in [5, 5.41) is 5.03. The van der Waals surface area contributed by atoms with Crippen LogP contribution in [0.5, 0.6) is 5.88 Å². The summed E-state index contributed by atoms with van der Waals surface area (Å²) in [6.07, 6.45) is 2.94. The van der Waals surface area contributed by atoms with Crippen LogP contribution in [0, 0.1) is 0 Å². The van der Waals surface area contributed by atoms with Gasteiger partial charge >= 0.3 is 0 Å². The van der Waals surface area contributed by atoms with Crippen LogP contribution in [-0.2, 0) is 22.1 Å². The Hall–Kier alpha value is -2.79. The van der Waals surface area contributed by atoms with Crippen molar-refractivity contribution in [3.05, 3.63) is 18.6 Å². The number of pyridine rings is 1. The van der Waals surface area contributed by atoms with E-state index in [4.69, 9.17) is 14.7 Å². The maximum atomic E-state index is 11.6. The molecule has 3 rings (SSSR count). The van der Waals surface area contributed by atoms with E-state index >= 15 is 0 Å². The van der Waals surface area contributed by atoms with E-state index in [1.165, 1.54) is 20.5 Å². The molecule has 0 amide bonds. The normalized spacial score (nSPS) is 12.6. The van der Waals surface area contributed by atoms with Crippen LogP contribution in [0.15, 0.2) is 23.0 Å². The Morgan fingerprint density at radius 2 is 2.08 bits per heavy atom. The van der Waals surface area contributed by atoms with Crippen molar-refractivity contribution >= 4 is 33.4 Å². The van der Waals surface area contributed by atoms with Crippen molar-refractivity contribution in [3.8, 4) is 17.1 Å². The summed E-state index contributed by atoms with van der Waals surface area (Å²) in [5.41, 5.74) is 8.00. The summed E-state index contributed by atoms with van der Waals surface area (Å²) in [7, 11) is 2.29. The van der Waals surface area contributed by atoms with Crippen LogP contribution in [0.4, 0.5) is 11.5 Å². The minimum atomic E-state index is -2.21. The molecule has 3 aromatic rings. The number of anilines is 1. The number of thiol groups is 1. The lowest BCUT2D eigenvalue weighted by Gasteiger charge is -2.05. The Kier molecular flexibility index (Phi) is 4.27. The molecule has 3 heterocycles. The molecule has 2 N–H and O–H groups in total. The number of aryl methyl sites for hydroxylation is 1. The molecule has 0 aliphatic rings. The van der Waals surface area contributed by atoms with Crippen LogP contribution in [0.1, 0.15) is 0 Å².